The highest BCUT2D eigenvalue weighted by atomic mass is 16.4. The van der Waals surface area contributed by atoms with Crippen molar-refractivity contribution in [2.24, 2.45) is 0 Å². The summed E-state index contributed by atoms with van der Waals surface area (Å²) in [4.78, 5) is 21.7. The lowest BCUT2D eigenvalue weighted by atomic mass is 10.2. The van der Waals surface area contributed by atoms with E-state index in [0.717, 1.165) is 5.69 Å². The smallest absolute Gasteiger partial charge is 0.337 e. The molecule has 0 fully saturated rings. The third kappa shape index (κ3) is 1.71. The number of nitrogens with zero attached hydrogens (tertiary/aromatic N) is 2. The zero-order valence-electron chi connectivity index (χ0n) is 8.06. The summed E-state index contributed by atoms with van der Waals surface area (Å²) in [5.41, 5.74) is 2.11. The molecule has 2 rings (SSSR count). The first-order chi connectivity index (χ1) is 7.18. The van der Waals surface area contributed by atoms with Crippen molar-refractivity contribution in [1.82, 2.24) is 15.0 Å². The fourth-order valence-corrected chi connectivity index (χ4v) is 1.35. The largest absolute Gasteiger partial charge is 0.478 e. The number of carboxylic acid groups (broad SMARTS) is 1. The quantitative estimate of drug-likeness (QED) is 0.774. The molecule has 2 heterocycles. The van der Waals surface area contributed by atoms with Crippen LogP contribution in [-0.2, 0) is 0 Å². The molecule has 0 bridgehead atoms. The summed E-state index contributed by atoms with van der Waals surface area (Å²) < 4.78 is 0. The number of aromatic amines is 1. The van der Waals surface area contributed by atoms with E-state index in [-0.39, 0.29) is 5.56 Å². The molecule has 0 amide bonds. The first-order valence-electron chi connectivity index (χ1n) is 4.38. The number of aromatic nitrogens is 3. The van der Waals surface area contributed by atoms with Crippen molar-refractivity contribution in [3.63, 3.8) is 0 Å². The molecule has 0 radical (unpaired) electrons. The van der Waals surface area contributed by atoms with Crippen LogP contribution in [0.4, 0.5) is 0 Å². The Kier molecular flexibility index (Phi) is 2.21. The molecule has 0 aliphatic carbocycles. The van der Waals surface area contributed by atoms with Crippen molar-refractivity contribution in [2.75, 3.05) is 0 Å². The standard InChI is InChI=1S/C10H9N3O2/c1-6-4-8(13-5-12-6)9-7(10(14)15)2-3-11-9/h2-5,11H,1H3,(H,14,15). The number of nitrogens with one attached hydrogen (secondary N) is 1. The SMILES string of the molecule is Cc1cc(-c2[nH]ccc2C(=O)O)ncn1. The van der Waals surface area contributed by atoms with E-state index in [1.165, 1.54) is 12.4 Å². The number of carbonyl (C=O) groups is 1. The predicted octanol–water partition coefficient (Wildman–Crippen LogP) is 1.48. The highest BCUT2D eigenvalue weighted by molar-refractivity contribution is 5.94. The summed E-state index contributed by atoms with van der Waals surface area (Å²) in [6.07, 6.45) is 2.99. The number of rotatable bonds is 2. The van der Waals surface area contributed by atoms with Crippen LogP contribution in [0.2, 0.25) is 0 Å². The number of aromatic carboxylic acids is 1. The second-order valence-corrected chi connectivity index (χ2v) is 3.12. The molecular weight excluding hydrogens is 194 g/mol. The minimum absolute atomic E-state index is 0.216. The number of hydrogen-bond donors (Lipinski definition) is 2. The van der Waals surface area contributed by atoms with E-state index in [4.69, 9.17) is 5.11 Å². The van der Waals surface area contributed by atoms with Crippen molar-refractivity contribution in [2.45, 2.75) is 6.92 Å². The molecule has 15 heavy (non-hydrogen) atoms. The average Bonchev–Trinajstić information content (AvgIpc) is 2.65. The molecule has 0 saturated carbocycles. The number of aryl methyl sites for hydroxylation is 1. The Morgan fingerprint density at radius 2 is 2.27 bits per heavy atom. The Morgan fingerprint density at radius 3 is 2.93 bits per heavy atom. The summed E-state index contributed by atoms with van der Waals surface area (Å²) in [7, 11) is 0. The van der Waals surface area contributed by atoms with E-state index in [9.17, 15) is 4.79 Å². The average molecular weight is 203 g/mol. The van der Waals surface area contributed by atoms with Crippen LogP contribution in [0.3, 0.4) is 0 Å². The topological polar surface area (TPSA) is 78.9 Å². The molecule has 2 N–H and O–H groups in total. The van der Waals surface area contributed by atoms with Crippen LogP contribution < -0.4 is 0 Å². The first-order valence-corrected chi connectivity index (χ1v) is 4.38. The maximum absolute atomic E-state index is 10.9. The van der Waals surface area contributed by atoms with Crippen molar-refractivity contribution in [3.05, 3.63) is 35.9 Å². The lowest BCUT2D eigenvalue weighted by Crippen LogP contribution is -1.98. The summed E-state index contributed by atoms with van der Waals surface area (Å²) >= 11 is 0. The molecule has 76 valence electrons. The molecule has 0 spiro atoms. The van der Waals surface area contributed by atoms with Crippen LogP contribution in [0.5, 0.6) is 0 Å². The van der Waals surface area contributed by atoms with Gasteiger partial charge in [0.05, 0.1) is 17.0 Å². The molecule has 0 aromatic carbocycles. The monoisotopic (exact) mass is 203 g/mol. The fraction of sp³-hybridized carbons (Fsp3) is 0.100. The minimum atomic E-state index is -0.970. The van der Waals surface area contributed by atoms with Gasteiger partial charge in [0, 0.05) is 11.9 Å². The zero-order chi connectivity index (χ0) is 10.8. The molecule has 0 saturated heterocycles. The maximum Gasteiger partial charge on any atom is 0.337 e. The van der Waals surface area contributed by atoms with Crippen molar-refractivity contribution < 1.29 is 9.90 Å². The van der Waals surface area contributed by atoms with Gasteiger partial charge in [0.25, 0.3) is 0 Å². The Bertz CT molecular complexity index is 505. The van der Waals surface area contributed by atoms with Gasteiger partial charge in [0.1, 0.15) is 6.33 Å². The van der Waals surface area contributed by atoms with Gasteiger partial charge in [0.15, 0.2) is 0 Å². The molecule has 0 aliphatic heterocycles. The van der Waals surface area contributed by atoms with Crippen LogP contribution >= 0.6 is 0 Å². The second kappa shape index (κ2) is 3.53. The lowest BCUT2D eigenvalue weighted by molar-refractivity contribution is 0.0698. The van der Waals surface area contributed by atoms with E-state index >= 15 is 0 Å². The van der Waals surface area contributed by atoms with Gasteiger partial charge >= 0.3 is 5.97 Å². The fourth-order valence-electron chi connectivity index (χ4n) is 1.35. The highest BCUT2D eigenvalue weighted by Gasteiger charge is 2.13. The number of carboxylic acids is 1. The Morgan fingerprint density at radius 1 is 1.47 bits per heavy atom. The minimum Gasteiger partial charge on any atom is -0.478 e. The van der Waals surface area contributed by atoms with Crippen LogP contribution in [0.25, 0.3) is 11.4 Å². The number of H-pyrrole nitrogens is 1. The van der Waals surface area contributed by atoms with Gasteiger partial charge in [-0.3, -0.25) is 0 Å². The van der Waals surface area contributed by atoms with Gasteiger partial charge in [-0.15, -0.1) is 0 Å². The molecule has 5 nitrogen and oxygen atoms in total. The highest BCUT2D eigenvalue weighted by Crippen LogP contribution is 2.19. The van der Waals surface area contributed by atoms with Gasteiger partial charge in [-0.25, -0.2) is 14.8 Å². The van der Waals surface area contributed by atoms with E-state index in [2.05, 4.69) is 15.0 Å². The van der Waals surface area contributed by atoms with Crippen molar-refractivity contribution in [1.29, 1.82) is 0 Å². The lowest BCUT2D eigenvalue weighted by Gasteiger charge is -2.00. The molecule has 2 aromatic rings. The third-order valence-electron chi connectivity index (χ3n) is 2.04. The second-order valence-electron chi connectivity index (χ2n) is 3.12. The number of hydrogen-bond acceptors (Lipinski definition) is 3. The van der Waals surface area contributed by atoms with E-state index < -0.39 is 5.97 Å². The molecular formula is C10H9N3O2. The van der Waals surface area contributed by atoms with E-state index in [1.807, 2.05) is 6.92 Å². The van der Waals surface area contributed by atoms with Crippen molar-refractivity contribution >= 4 is 5.97 Å². The van der Waals surface area contributed by atoms with Crippen LogP contribution in [-0.4, -0.2) is 26.0 Å². The van der Waals surface area contributed by atoms with Gasteiger partial charge in [-0.05, 0) is 19.1 Å². The third-order valence-corrected chi connectivity index (χ3v) is 2.04. The van der Waals surface area contributed by atoms with Crippen LogP contribution in [0.15, 0.2) is 24.7 Å². The Labute approximate surface area is 85.8 Å². The van der Waals surface area contributed by atoms with E-state index in [1.54, 1.807) is 12.3 Å². The Hall–Kier alpha value is -2.17. The molecule has 5 heteroatoms. The molecule has 0 atom stereocenters. The van der Waals surface area contributed by atoms with Gasteiger partial charge in [-0.1, -0.05) is 0 Å². The molecule has 0 unspecified atom stereocenters. The van der Waals surface area contributed by atoms with Gasteiger partial charge < -0.3 is 10.1 Å². The summed E-state index contributed by atoms with van der Waals surface area (Å²) in [6.45, 7) is 1.83. The summed E-state index contributed by atoms with van der Waals surface area (Å²) in [6, 6.07) is 3.24. The summed E-state index contributed by atoms with van der Waals surface area (Å²) in [5.74, 6) is -0.970. The van der Waals surface area contributed by atoms with Gasteiger partial charge in [-0.2, -0.15) is 0 Å². The first kappa shape index (κ1) is 9.39. The molecule has 2 aromatic heterocycles. The van der Waals surface area contributed by atoms with Crippen LogP contribution in [0, 0.1) is 6.92 Å². The Balaban J connectivity index is 2.54. The normalized spacial score (nSPS) is 10.2. The molecule has 0 aliphatic rings. The zero-order valence-corrected chi connectivity index (χ0v) is 8.06. The predicted molar refractivity (Wildman–Crippen MR) is 53.5 cm³/mol. The van der Waals surface area contributed by atoms with Crippen molar-refractivity contribution in [3.8, 4) is 11.4 Å². The van der Waals surface area contributed by atoms with Gasteiger partial charge in [0.2, 0.25) is 0 Å². The summed E-state index contributed by atoms with van der Waals surface area (Å²) in [5, 5.41) is 8.92. The maximum atomic E-state index is 10.9. The van der Waals surface area contributed by atoms with Crippen LogP contribution in [0.1, 0.15) is 16.1 Å². The van der Waals surface area contributed by atoms with E-state index in [0.29, 0.717) is 11.4 Å².